The molecule has 0 aromatic heterocycles. The van der Waals surface area contributed by atoms with E-state index >= 15 is 0 Å². The first-order valence-electron chi connectivity index (χ1n) is 5.48. The number of hydrogen-bond donors (Lipinski definition) is 1. The molecule has 0 saturated heterocycles. The van der Waals surface area contributed by atoms with Crippen LogP contribution in [0.25, 0.3) is 0 Å². The van der Waals surface area contributed by atoms with Gasteiger partial charge in [0.1, 0.15) is 0 Å². The third-order valence-corrected chi connectivity index (χ3v) is 3.13. The molecule has 3 heteroatoms. The van der Waals surface area contributed by atoms with E-state index < -0.39 is 0 Å². The highest BCUT2D eigenvalue weighted by atomic mass is 16.2. The second-order valence-corrected chi connectivity index (χ2v) is 4.03. The number of rotatable bonds is 6. The summed E-state index contributed by atoms with van der Waals surface area (Å²) >= 11 is 0. The molecule has 0 heterocycles. The van der Waals surface area contributed by atoms with E-state index in [0.717, 1.165) is 19.4 Å². The maximum absolute atomic E-state index is 11.5. The molecule has 0 fully saturated rings. The summed E-state index contributed by atoms with van der Waals surface area (Å²) in [6.45, 7) is 9.65. The molecule has 0 aromatic rings. The maximum Gasteiger partial charge on any atom is 0.236 e. The zero-order valence-corrected chi connectivity index (χ0v) is 10.2. The van der Waals surface area contributed by atoms with Crippen molar-refractivity contribution < 1.29 is 4.79 Å². The Morgan fingerprint density at radius 2 is 1.79 bits per heavy atom. The maximum atomic E-state index is 11.5. The summed E-state index contributed by atoms with van der Waals surface area (Å²) in [7, 11) is 1.83. The summed E-state index contributed by atoms with van der Waals surface area (Å²) in [6, 6.07) is 0. The zero-order valence-electron chi connectivity index (χ0n) is 10.2. The Morgan fingerprint density at radius 3 is 2.14 bits per heavy atom. The van der Waals surface area contributed by atoms with Gasteiger partial charge in [0.25, 0.3) is 0 Å². The quantitative estimate of drug-likeness (QED) is 0.707. The standard InChI is InChI=1S/C11H24N2O/c1-6-11(4,7-2)12-9-10(14)13(5)8-3/h12H,6-9H2,1-5H3. The van der Waals surface area contributed by atoms with Gasteiger partial charge in [-0.15, -0.1) is 0 Å². The highest BCUT2D eigenvalue weighted by Gasteiger charge is 2.20. The van der Waals surface area contributed by atoms with Crippen molar-refractivity contribution >= 4 is 5.91 Å². The first-order chi connectivity index (χ1) is 6.49. The van der Waals surface area contributed by atoms with Crippen LogP contribution in [0.2, 0.25) is 0 Å². The van der Waals surface area contributed by atoms with E-state index in [2.05, 4.69) is 26.1 Å². The van der Waals surface area contributed by atoms with Crippen LogP contribution in [0, 0.1) is 0 Å². The summed E-state index contributed by atoms with van der Waals surface area (Å²) < 4.78 is 0. The molecule has 0 aliphatic carbocycles. The van der Waals surface area contributed by atoms with Crippen LogP contribution >= 0.6 is 0 Å². The van der Waals surface area contributed by atoms with Crippen LogP contribution in [0.1, 0.15) is 40.5 Å². The monoisotopic (exact) mass is 200 g/mol. The lowest BCUT2D eigenvalue weighted by Crippen LogP contribution is -2.46. The molecule has 1 amide bonds. The van der Waals surface area contributed by atoms with Crippen molar-refractivity contribution in [1.82, 2.24) is 10.2 Å². The summed E-state index contributed by atoms with van der Waals surface area (Å²) in [4.78, 5) is 13.3. The SMILES string of the molecule is CCN(C)C(=O)CNC(C)(CC)CC. The van der Waals surface area contributed by atoms with E-state index in [4.69, 9.17) is 0 Å². The number of nitrogens with zero attached hydrogens (tertiary/aromatic N) is 1. The van der Waals surface area contributed by atoms with Gasteiger partial charge in [0.2, 0.25) is 5.91 Å². The van der Waals surface area contributed by atoms with Gasteiger partial charge in [0, 0.05) is 19.1 Å². The van der Waals surface area contributed by atoms with E-state index in [0.29, 0.717) is 6.54 Å². The molecule has 0 rings (SSSR count). The van der Waals surface area contributed by atoms with Crippen molar-refractivity contribution in [2.45, 2.75) is 46.1 Å². The van der Waals surface area contributed by atoms with E-state index in [1.165, 1.54) is 0 Å². The Hall–Kier alpha value is -0.570. The van der Waals surface area contributed by atoms with Crippen molar-refractivity contribution in [1.29, 1.82) is 0 Å². The number of hydrogen-bond acceptors (Lipinski definition) is 2. The number of nitrogens with one attached hydrogen (secondary N) is 1. The zero-order chi connectivity index (χ0) is 11.2. The molecule has 0 aliphatic rings. The molecule has 14 heavy (non-hydrogen) atoms. The Labute approximate surface area is 87.9 Å². The van der Waals surface area contributed by atoms with Crippen LogP contribution in [0.3, 0.4) is 0 Å². The molecule has 0 aliphatic heterocycles. The molecule has 84 valence electrons. The van der Waals surface area contributed by atoms with E-state index in [9.17, 15) is 4.79 Å². The van der Waals surface area contributed by atoms with Gasteiger partial charge in [-0.3, -0.25) is 4.79 Å². The number of carbonyl (C=O) groups excluding carboxylic acids is 1. The molecule has 0 unspecified atom stereocenters. The minimum atomic E-state index is 0.101. The van der Waals surface area contributed by atoms with Crippen LogP contribution in [-0.2, 0) is 4.79 Å². The molecule has 0 radical (unpaired) electrons. The fraction of sp³-hybridized carbons (Fsp3) is 0.909. The average molecular weight is 200 g/mol. The third-order valence-electron chi connectivity index (χ3n) is 3.13. The van der Waals surface area contributed by atoms with Gasteiger partial charge >= 0.3 is 0 Å². The molecule has 3 nitrogen and oxygen atoms in total. The largest absolute Gasteiger partial charge is 0.345 e. The highest BCUT2D eigenvalue weighted by molar-refractivity contribution is 5.77. The second kappa shape index (κ2) is 6.02. The molecule has 0 atom stereocenters. The minimum Gasteiger partial charge on any atom is -0.345 e. The lowest BCUT2D eigenvalue weighted by atomic mass is 9.96. The van der Waals surface area contributed by atoms with Crippen LogP contribution in [-0.4, -0.2) is 36.5 Å². The Morgan fingerprint density at radius 1 is 1.29 bits per heavy atom. The van der Waals surface area contributed by atoms with Crippen molar-refractivity contribution in [3.63, 3.8) is 0 Å². The minimum absolute atomic E-state index is 0.101. The first kappa shape index (κ1) is 13.4. The summed E-state index contributed by atoms with van der Waals surface area (Å²) in [5, 5.41) is 3.32. The van der Waals surface area contributed by atoms with E-state index in [-0.39, 0.29) is 11.4 Å². The van der Waals surface area contributed by atoms with E-state index in [1.54, 1.807) is 4.90 Å². The van der Waals surface area contributed by atoms with Crippen molar-refractivity contribution in [2.75, 3.05) is 20.1 Å². The van der Waals surface area contributed by atoms with E-state index in [1.807, 2.05) is 14.0 Å². The number of amides is 1. The topological polar surface area (TPSA) is 32.3 Å². The van der Waals surface area contributed by atoms with Gasteiger partial charge in [-0.05, 0) is 26.7 Å². The Bertz CT molecular complexity index is 176. The van der Waals surface area contributed by atoms with Crippen molar-refractivity contribution in [2.24, 2.45) is 0 Å². The normalized spacial score (nSPS) is 11.5. The molecule has 0 aromatic carbocycles. The number of likely N-dealkylation sites (N-methyl/N-ethyl adjacent to an activating group) is 1. The van der Waals surface area contributed by atoms with Gasteiger partial charge in [-0.2, -0.15) is 0 Å². The molecule has 1 N–H and O–H groups in total. The van der Waals surface area contributed by atoms with Gasteiger partial charge in [-0.25, -0.2) is 0 Å². The van der Waals surface area contributed by atoms with Crippen LogP contribution in [0.15, 0.2) is 0 Å². The first-order valence-corrected chi connectivity index (χ1v) is 5.48. The summed E-state index contributed by atoms with van der Waals surface area (Å²) in [5.74, 6) is 0.167. The fourth-order valence-electron chi connectivity index (χ4n) is 1.10. The van der Waals surface area contributed by atoms with Crippen molar-refractivity contribution in [3.05, 3.63) is 0 Å². The van der Waals surface area contributed by atoms with Crippen molar-refractivity contribution in [3.8, 4) is 0 Å². The lowest BCUT2D eigenvalue weighted by Gasteiger charge is -2.29. The molecule has 0 spiro atoms. The molecule has 0 saturated carbocycles. The average Bonchev–Trinajstić information content (AvgIpc) is 2.24. The Balaban J connectivity index is 3.98. The lowest BCUT2D eigenvalue weighted by molar-refractivity contribution is -0.129. The molecular formula is C11H24N2O. The summed E-state index contributed by atoms with van der Waals surface area (Å²) in [6.07, 6.45) is 2.10. The summed E-state index contributed by atoms with van der Waals surface area (Å²) in [5.41, 5.74) is 0.101. The highest BCUT2D eigenvalue weighted by Crippen LogP contribution is 2.12. The predicted octanol–water partition coefficient (Wildman–Crippen LogP) is 1.63. The van der Waals surface area contributed by atoms with Gasteiger partial charge < -0.3 is 10.2 Å². The van der Waals surface area contributed by atoms with Gasteiger partial charge in [0.15, 0.2) is 0 Å². The van der Waals surface area contributed by atoms with Crippen LogP contribution in [0.4, 0.5) is 0 Å². The fourth-order valence-corrected chi connectivity index (χ4v) is 1.10. The smallest absolute Gasteiger partial charge is 0.236 e. The molecule has 0 bridgehead atoms. The Kier molecular flexibility index (Phi) is 5.77. The number of carbonyl (C=O) groups is 1. The van der Waals surface area contributed by atoms with Gasteiger partial charge in [-0.1, -0.05) is 13.8 Å². The predicted molar refractivity (Wildman–Crippen MR) is 60.3 cm³/mol. The second-order valence-electron chi connectivity index (χ2n) is 4.03. The molecular weight excluding hydrogens is 176 g/mol. The van der Waals surface area contributed by atoms with Crippen LogP contribution < -0.4 is 5.32 Å². The third kappa shape index (κ3) is 4.09. The van der Waals surface area contributed by atoms with Crippen LogP contribution in [0.5, 0.6) is 0 Å². The van der Waals surface area contributed by atoms with Gasteiger partial charge in [0.05, 0.1) is 6.54 Å².